The second kappa shape index (κ2) is 5.76. The Balaban J connectivity index is 2.07. The number of sulfonamides is 1. The number of nitrogens with zero attached hydrogens (tertiary/aromatic N) is 3. The third-order valence-corrected chi connectivity index (χ3v) is 4.53. The summed E-state index contributed by atoms with van der Waals surface area (Å²) in [5.41, 5.74) is 1.42. The fourth-order valence-electron chi connectivity index (χ4n) is 1.80. The van der Waals surface area contributed by atoms with Gasteiger partial charge in [-0.2, -0.15) is 5.10 Å². The molecule has 0 aliphatic carbocycles. The van der Waals surface area contributed by atoms with Gasteiger partial charge in [-0.25, -0.2) is 13.1 Å². The Labute approximate surface area is 118 Å². The van der Waals surface area contributed by atoms with E-state index in [1.807, 2.05) is 6.92 Å². The topological polar surface area (TPSA) is 90.0 Å². The molecule has 1 N–H and O–H groups in total. The van der Waals surface area contributed by atoms with Gasteiger partial charge in [0, 0.05) is 13.1 Å². The molecule has 0 aliphatic heterocycles. The molecule has 0 saturated carbocycles. The summed E-state index contributed by atoms with van der Waals surface area (Å²) in [5, 5.41) is 7.80. The zero-order valence-corrected chi connectivity index (χ0v) is 12.6. The summed E-state index contributed by atoms with van der Waals surface area (Å²) in [4.78, 5) is 0.174. The molecule has 20 heavy (non-hydrogen) atoms. The van der Waals surface area contributed by atoms with Crippen molar-refractivity contribution >= 4 is 10.0 Å². The van der Waals surface area contributed by atoms with Gasteiger partial charge in [0.05, 0.1) is 24.1 Å². The number of aryl methyl sites for hydroxylation is 2. The predicted molar refractivity (Wildman–Crippen MR) is 72.5 cm³/mol. The standard InChI is InChI=1S/C12H18N4O3S/c1-4-5-10-6-11(19-15-10)7-14-20(17,18)12-8-13-16(3)9(12)2/h6,8,14H,4-5,7H2,1-3H3. The van der Waals surface area contributed by atoms with Gasteiger partial charge in [-0.3, -0.25) is 4.68 Å². The first-order valence-corrected chi connectivity index (χ1v) is 7.85. The Morgan fingerprint density at radius 2 is 2.20 bits per heavy atom. The van der Waals surface area contributed by atoms with Gasteiger partial charge in [0.25, 0.3) is 0 Å². The number of hydrogen-bond acceptors (Lipinski definition) is 5. The van der Waals surface area contributed by atoms with E-state index in [0.29, 0.717) is 11.5 Å². The van der Waals surface area contributed by atoms with Crippen LogP contribution in [-0.2, 0) is 30.0 Å². The van der Waals surface area contributed by atoms with E-state index in [9.17, 15) is 8.42 Å². The highest BCUT2D eigenvalue weighted by molar-refractivity contribution is 7.89. The Hall–Kier alpha value is -1.67. The molecular weight excluding hydrogens is 280 g/mol. The first-order chi connectivity index (χ1) is 9.44. The van der Waals surface area contributed by atoms with E-state index in [4.69, 9.17) is 4.52 Å². The average molecular weight is 298 g/mol. The van der Waals surface area contributed by atoms with E-state index in [1.54, 1.807) is 20.0 Å². The van der Waals surface area contributed by atoms with Crippen molar-refractivity contribution in [1.29, 1.82) is 0 Å². The molecule has 8 heteroatoms. The SMILES string of the molecule is CCCc1cc(CNS(=O)(=O)c2cnn(C)c2C)on1. The van der Waals surface area contributed by atoms with E-state index in [2.05, 4.69) is 15.0 Å². The monoisotopic (exact) mass is 298 g/mol. The van der Waals surface area contributed by atoms with Crippen LogP contribution in [0.25, 0.3) is 0 Å². The lowest BCUT2D eigenvalue weighted by Gasteiger charge is -2.04. The molecule has 7 nitrogen and oxygen atoms in total. The number of rotatable bonds is 6. The summed E-state index contributed by atoms with van der Waals surface area (Å²) in [5.74, 6) is 0.499. The molecule has 2 rings (SSSR count). The van der Waals surface area contributed by atoms with Crippen molar-refractivity contribution in [3.63, 3.8) is 0 Å². The number of hydrogen-bond donors (Lipinski definition) is 1. The fourth-order valence-corrected chi connectivity index (χ4v) is 2.99. The summed E-state index contributed by atoms with van der Waals surface area (Å²) < 4.78 is 33.4. The maximum absolute atomic E-state index is 12.1. The van der Waals surface area contributed by atoms with Crippen LogP contribution in [0.3, 0.4) is 0 Å². The zero-order chi connectivity index (χ0) is 14.8. The third-order valence-electron chi connectivity index (χ3n) is 3.03. The van der Waals surface area contributed by atoms with Crippen LogP contribution in [0.5, 0.6) is 0 Å². The van der Waals surface area contributed by atoms with Crippen LogP contribution in [0.15, 0.2) is 21.7 Å². The van der Waals surface area contributed by atoms with Gasteiger partial charge in [-0.05, 0) is 13.3 Å². The van der Waals surface area contributed by atoms with Crippen LogP contribution in [0, 0.1) is 6.92 Å². The zero-order valence-electron chi connectivity index (χ0n) is 11.8. The van der Waals surface area contributed by atoms with Crippen molar-refractivity contribution < 1.29 is 12.9 Å². The van der Waals surface area contributed by atoms with Crippen molar-refractivity contribution in [3.8, 4) is 0 Å². The Kier molecular flexibility index (Phi) is 4.24. The normalized spacial score (nSPS) is 11.9. The van der Waals surface area contributed by atoms with Gasteiger partial charge < -0.3 is 4.52 Å². The summed E-state index contributed by atoms with van der Waals surface area (Å²) in [6, 6.07) is 1.77. The molecule has 0 amide bonds. The summed E-state index contributed by atoms with van der Waals surface area (Å²) in [6.07, 6.45) is 3.12. The lowest BCUT2D eigenvalue weighted by atomic mass is 10.2. The number of aromatic nitrogens is 3. The maximum atomic E-state index is 12.1. The van der Waals surface area contributed by atoms with Gasteiger partial charge in [0.15, 0.2) is 5.76 Å². The molecule has 0 radical (unpaired) electrons. The van der Waals surface area contributed by atoms with Crippen LogP contribution in [0.4, 0.5) is 0 Å². The van der Waals surface area contributed by atoms with E-state index in [-0.39, 0.29) is 11.4 Å². The Morgan fingerprint density at radius 3 is 2.80 bits per heavy atom. The lowest BCUT2D eigenvalue weighted by Crippen LogP contribution is -2.23. The minimum atomic E-state index is -3.59. The molecule has 0 atom stereocenters. The number of nitrogens with one attached hydrogen (secondary N) is 1. The van der Waals surface area contributed by atoms with Crippen molar-refractivity contribution in [2.75, 3.05) is 0 Å². The minimum Gasteiger partial charge on any atom is -0.360 e. The second-order valence-corrected chi connectivity index (χ2v) is 6.31. The van der Waals surface area contributed by atoms with Crippen molar-refractivity contribution in [2.45, 2.75) is 38.1 Å². The lowest BCUT2D eigenvalue weighted by molar-refractivity contribution is 0.374. The summed E-state index contributed by atoms with van der Waals surface area (Å²) in [6.45, 7) is 3.82. The molecular formula is C12H18N4O3S. The van der Waals surface area contributed by atoms with E-state index in [1.165, 1.54) is 10.9 Å². The highest BCUT2D eigenvalue weighted by Gasteiger charge is 2.20. The molecule has 2 aromatic rings. The molecule has 0 aliphatic rings. The van der Waals surface area contributed by atoms with Crippen LogP contribution in [-0.4, -0.2) is 23.4 Å². The molecule has 110 valence electrons. The molecule has 0 aromatic carbocycles. The molecule has 0 bridgehead atoms. The van der Waals surface area contributed by atoms with Crippen molar-refractivity contribution in [2.24, 2.45) is 7.05 Å². The highest BCUT2D eigenvalue weighted by Crippen LogP contribution is 2.14. The summed E-state index contributed by atoms with van der Waals surface area (Å²) >= 11 is 0. The van der Waals surface area contributed by atoms with Crippen LogP contribution in [0.2, 0.25) is 0 Å². The third kappa shape index (κ3) is 3.07. The van der Waals surface area contributed by atoms with Gasteiger partial charge in [-0.15, -0.1) is 0 Å². The molecule has 0 unspecified atom stereocenters. The minimum absolute atomic E-state index is 0.0768. The van der Waals surface area contributed by atoms with Gasteiger partial charge in [0.1, 0.15) is 4.90 Å². The molecule has 0 fully saturated rings. The fraction of sp³-hybridized carbons (Fsp3) is 0.500. The Bertz CT molecular complexity index is 687. The maximum Gasteiger partial charge on any atom is 0.244 e. The van der Waals surface area contributed by atoms with Gasteiger partial charge in [0.2, 0.25) is 10.0 Å². The molecule has 0 saturated heterocycles. The predicted octanol–water partition coefficient (Wildman–Crippen LogP) is 1.15. The van der Waals surface area contributed by atoms with Crippen molar-refractivity contribution in [1.82, 2.24) is 19.7 Å². The van der Waals surface area contributed by atoms with Gasteiger partial charge in [-0.1, -0.05) is 18.5 Å². The van der Waals surface area contributed by atoms with Gasteiger partial charge >= 0.3 is 0 Å². The second-order valence-electron chi connectivity index (χ2n) is 4.58. The quantitative estimate of drug-likeness (QED) is 0.864. The van der Waals surface area contributed by atoms with Crippen molar-refractivity contribution in [3.05, 3.63) is 29.4 Å². The largest absolute Gasteiger partial charge is 0.360 e. The molecule has 2 heterocycles. The molecule has 2 aromatic heterocycles. The highest BCUT2D eigenvalue weighted by atomic mass is 32.2. The Morgan fingerprint density at radius 1 is 1.45 bits per heavy atom. The summed E-state index contributed by atoms with van der Waals surface area (Å²) in [7, 11) is -1.90. The first kappa shape index (κ1) is 14.7. The van der Waals surface area contributed by atoms with E-state index >= 15 is 0 Å². The smallest absolute Gasteiger partial charge is 0.244 e. The molecule has 0 spiro atoms. The van der Waals surface area contributed by atoms with Crippen LogP contribution >= 0.6 is 0 Å². The average Bonchev–Trinajstić information content (AvgIpc) is 2.97. The van der Waals surface area contributed by atoms with Crippen LogP contribution < -0.4 is 4.72 Å². The van der Waals surface area contributed by atoms with E-state index < -0.39 is 10.0 Å². The van der Waals surface area contributed by atoms with Crippen LogP contribution in [0.1, 0.15) is 30.5 Å². The first-order valence-electron chi connectivity index (χ1n) is 6.36. The van der Waals surface area contributed by atoms with E-state index in [0.717, 1.165) is 18.5 Å².